The minimum atomic E-state index is 0.0461. The van der Waals surface area contributed by atoms with Crippen molar-refractivity contribution in [2.45, 2.75) is 26.3 Å². The average molecular weight is 232 g/mol. The van der Waals surface area contributed by atoms with Crippen LogP contribution >= 0.6 is 23.2 Å². The van der Waals surface area contributed by atoms with Crippen LogP contribution in [-0.4, -0.2) is 0 Å². The van der Waals surface area contributed by atoms with Gasteiger partial charge in [0.25, 0.3) is 0 Å². The lowest BCUT2D eigenvalue weighted by Gasteiger charge is -2.14. The lowest BCUT2D eigenvalue weighted by molar-refractivity contribution is 0.510. The maximum Gasteiger partial charge on any atom is 0.0595 e. The highest BCUT2D eigenvalue weighted by atomic mass is 35.5. The zero-order chi connectivity index (χ0) is 10.7. The topological polar surface area (TPSA) is 26.0 Å². The van der Waals surface area contributed by atoms with Gasteiger partial charge in [-0.1, -0.05) is 43.1 Å². The van der Waals surface area contributed by atoms with Crippen molar-refractivity contribution in [2.75, 3.05) is 0 Å². The summed E-state index contributed by atoms with van der Waals surface area (Å²) >= 11 is 11.7. The first-order chi connectivity index (χ1) is 6.50. The van der Waals surface area contributed by atoms with Crippen molar-refractivity contribution in [2.24, 2.45) is 11.7 Å². The maximum absolute atomic E-state index is 6.01. The van der Waals surface area contributed by atoms with Crippen LogP contribution in [0.15, 0.2) is 18.2 Å². The van der Waals surface area contributed by atoms with Gasteiger partial charge < -0.3 is 5.73 Å². The molecule has 0 heterocycles. The molecule has 0 fully saturated rings. The second kappa shape index (κ2) is 5.01. The summed E-state index contributed by atoms with van der Waals surface area (Å²) in [7, 11) is 0. The zero-order valence-electron chi connectivity index (χ0n) is 8.43. The van der Waals surface area contributed by atoms with E-state index in [9.17, 15) is 0 Å². The fourth-order valence-electron chi connectivity index (χ4n) is 1.39. The van der Waals surface area contributed by atoms with E-state index in [1.165, 1.54) is 0 Å². The van der Waals surface area contributed by atoms with Crippen molar-refractivity contribution in [1.82, 2.24) is 0 Å². The van der Waals surface area contributed by atoms with E-state index >= 15 is 0 Å². The molecule has 0 aliphatic carbocycles. The lowest BCUT2D eigenvalue weighted by atomic mass is 9.98. The minimum Gasteiger partial charge on any atom is -0.324 e. The molecule has 0 radical (unpaired) electrons. The number of halogens is 2. The molecular weight excluding hydrogens is 217 g/mol. The molecular formula is C11H15Cl2N. The van der Waals surface area contributed by atoms with Gasteiger partial charge in [-0.05, 0) is 30.0 Å². The number of rotatable bonds is 3. The number of benzene rings is 1. The Bertz CT molecular complexity index is 310. The number of nitrogens with two attached hydrogens (primary N) is 1. The Hall–Kier alpha value is -0.240. The molecule has 0 aliphatic heterocycles. The van der Waals surface area contributed by atoms with E-state index in [4.69, 9.17) is 28.9 Å². The summed E-state index contributed by atoms with van der Waals surface area (Å²) in [6.07, 6.45) is 0.956. The molecule has 0 saturated carbocycles. The van der Waals surface area contributed by atoms with E-state index < -0.39 is 0 Å². The first-order valence-corrected chi connectivity index (χ1v) is 5.47. The molecule has 3 heteroatoms. The predicted molar refractivity (Wildman–Crippen MR) is 62.8 cm³/mol. The fraction of sp³-hybridized carbons (Fsp3) is 0.455. The van der Waals surface area contributed by atoms with E-state index in [0.29, 0.717) is 16.0 Å². The number of hydrogen-bond acceptors (Lipinski definition) is 1. The Labute approximate surface area is 95.2 Å². The van der Waals surface area contributed by atoms with Gasteiger partial charge in [-0.3, -0.25) is 0 Å². The van der Waals surface area contributed by atoms with Gasteiger partial charge in [-0.15, -0.1) is 0 Å². The first-order valence-electron chi connectivity index (χ1n) is 4.71. The van der Waals surface area contributed by atoms with Gasteiger partial charge in [0, 0.05) is 6.04 Å². The van der Waals surface area contributed by atoms with E-state index in [1.807, 2.05) is 12.1 Å². The van der Waals surface area contributed by atoms with E-state index in [1.54, 1.807) is 6.07 Å². The summed E-state index contributed by atoms with van der Waals surface area (Å²) in [6, 6.07) is 5.61. The molecule has 0 spiro atoms. The van der Waals surface area contributed by atoms with Crippen molar-refractivity contribution in [3.8, 4) is 0 Å². The second-order valence-electron chi connectivity index (χ2n) is 3.91. The molecule has 0 aliphatic rings. The van der Waals surface area contributed by atoms with Crippen LogP contribution in [0.2, 0.25) is 10.0 Å². The number of hydrogen-bond donors (Lipinski definition) is 1. The first kappa shape index (κ1) is 11.8. The Morgan fingerprint density at radius 3 is 2.36 bits per heavy atom. The third-order valence-electron chi connectivity index (χ3n) is 2.10. The van der Waals surface area contributed by atoms with Gasteiger partial charge in [0.05, 0.1) is 10.0 Å². The highest BCUT2D eigenvalue weighted by Gasteiger charge is 2.09. The van der Waals surface area contributed by atoms with Gasteiger partial charge in [0.15, 0.2) is 0 Å². The molecule has 2 N–H and O–H groups in total. The Morgan fingerprint density at radius 2 is 1.86 bits per heavy atom. The molecule has 0 aromatic heterocycles. The van der Waals surface area contributed by atoms with Gasteiger partial charge in [-0.25, -0.2) is 0 Å². The summed E-state index contributed by atoms with van der Waals surface area (Å²) in [4.78, 5) is 0. The molecule has 1 nitrogen and oxygen atoms in total. The maximum atomic E-state index is 6.01. The summed E-state index contributed by atoms with van der Waals surface area (Å²) in [5, 5.41) is 1.15. The standard InChI is InChI=1S/C11H15Cl2N/c1-7(2)5-11(14)8-3-4-9(12)10(13)6-8/h3-4,6-7,11H,5,14H2,1-2H3/t11-/m1/s1. The summed E-state index contributed by atoms with van der Waals surface area (Å²) < 4.78 is 0. The van der Waals surface area contributed by atoms with Gasteiger partial charge in [-0.2, -0.15) is 0 Å². The SMILES string of the molecule is CC(C)C[C@@H](N)c1ccc(Cl)c(Cl)c1. The van der Waals surface area contributed by atoms with Gasteiger partial charge in [0.2, 0.25) is 0 Å². The highest BCUT2D eigenvalue weighted by Crippen LogP contribution is 2.27. The molecule has 0 bridgehead atoms. The lowest BCUT2D eigenvalue weighted by Crippen LogP contribution is -2.12. The van der Waals surface area contributed by atoms with E-state index in [2.05, 4.69) is 13.8 Å². The van der Waals surface area contributed by atoms with E-state index in [-0.39, 0.29) is 6.04 Å². The molecule has 0 amide bonds. The van der Waals surface area contributed by atoms with Crippen molar-refractivity contribution < 1.29 is 0 Å². The molecule has 0 saturated heterocycles. The minimum absolute atomic E-state index is 0.0461. The van der Waals surface area contributed by atoms with Crippen LogP contribution in [0.4, 0.5) is 0 Å². The Balaban J connectivity index is 2.80. The van der Waals surface area contributed by atoms with Crippen LogP contribution in [0.3, 0.4) is 0 Å². The summed E-state index contributed by atoms with van der Waals surface area (Å²) in [6.45, 7) is 4.30. The third-order valence-corrected chi connectivity index (χ3v) is 2.84. The zero-order valence-corrected chi connectivity index (χ0v) is 9.94. The van der Waals surface area contributed by atoms with E-state index in [0.717, 1.165) is 12.0 Å². The average Bonchev–Trinajstić information content (AvgIpc) is 2.08. The van der Waals surface area contributed by atoms with Crippen molar-refractivity contribution >= 4 is 23.2 Å². The van der Waals surface area contributed by atoms with Crippen molar-refractivity contribution in [1.29, 1.82) is 0 Å². The molecule has 1 rings (SSSR count). The molecule has 0 unspecified atom stereocenters. The van der Waals surface area contributed by atoms with Crippen molar-refractivity contribution in [3.05, 3.63) is 33.8 Å². The largest absolute Gasteiger partial charge is 0.324 e. The monoisotopic (exact) mass is 231 g/mol. The predicted octanol–water partition coefficient (Wildman–Crippen LogP) is 4.04. The Kier molecular flexibility index (Phi) is 4.24. The third kappa shape index (κ3) is 3.16. The van der Waals surface area contributed by atoms with Crippen LogP contribution in [0, 0.1) is 5.92 Å². The van der Waals surface area contributed by atoms with Crippen LogP contribution in [0.1, 0.15) is 31.9 Å². The van der Waals surface area contributed by atoms with Crippen LogP contribution in [0.25, 0.3) is 0 Å². The highest BCUT2D eigenvalue weighted by molar-refractivity contribution is 6.42. The second-order valence-corrected chi connectivity index (χ2v) is 4.72. The van der Waals surface area contributed by atoms with Crippen LogP contribution in [-0.2, 0) is 0 Å². The van der Waals surface area contributed by atoms with Gasteiger partial charge >= 0.3 is 0 Å². The normalized spacial score (nSPS) is 13.3. The molecule has 14 heavy (non-hydrogen) atoms. The van der Waals surface area contributed by atoms with Crippen LogP contribution < -0.4 is 5.73 Å². The smallest absolute Gasteiger partial charge is 0.0595 e. The molecule has 1 aromatic rings. The molecule has 1 aromatic carbocycles. The Morgan fingerprint density at radius 1 is 1.21 bits per heavy atom. The fourth-order valence-corrected chi connectivity index (χ4v) is 1.69. The molecule has 78 valence electrons. The summed E-state index contributed by atoms with van der Waals surface area (Å²) in [5.74, 6) is 0.583. The quantitative estimate of drug-likeness (QED) is 0.836. The molecule has 1 atom stereocenters. The van der Waals surface area contributed by atoms with Gasteiger partial charge in [0.1, 0.15) is 0 Å². The van der Waals surface area contributed by atoms with Crippen molar-refractivity contribution in [3.63, 3.8) is 0 Å². The summed E-state index contributed by atoms with van der Waals surface area (Å²) in [5.41, 5.74) is 7.06. The van der Waals surface area contributed by atoms with Crippen LogP contribution in [0.5, 0.6) is 0 Å².